The second-order valence-corrected chi connectivity index (χ2v) is 4.70. The van der Waals surface area contributed by atoms with Gasteiger partial charge in [-0.25, -0.2) is 0 Å². The van der Waals surface area contributed by atoms with Crippen molar-refractivity contribution in [3.05, 3.63) is 23.9 Å². The van der Waals surface area contributed by atoms with E-state index in [0.717, 1.165) is 0 Å². The number of ether oxygens (including phenoxy) is 1. The van der Waals surface area contributed by atoms with Crippen LogP contribution in [0.5, 0.6) is 0 Å². The fourth-order valence-electron chi connectivity index (χ4n) is 2.07. The van der Waals surface area contributed by atoms with Crippen molar-refractivity contribution in [3.8, 4) is 11.5 Å². The van der Waals surface area contributed by atoms with Crippen molar-refractivity contribution in [2.24, 2.45) is 0 Å². The zero-order valence-electron chi connectivity index (χ0n) is 11.2. The standard InChI is InChI=1S/C11H8F4N6O2/c12-10(13)4-21(5-11(14,15)23-10)9(22)6-1-2-16-7(3-6)8-17-19-20-18-8/h1-3H,4-5H2,(H,17,18,19,20). The van der Waals surface area contributed by atoms with Gasteiger partial charge in [-0.2, -0.15) is 22.8 Å². The number of nitrogens with one attached hydrogen (secondary N) is 1. The van der Waals surface area contributed by atoms with Crippen LogP contribution in [0.4, 0.5) is 17.6 Å². The summed E-state index contributed by atoms with van der Waals surface area (Å²) in [7, 11) is 0. The Kier molecular flexibility index (Phi) is 3.47. The highest BCUT2D eigenvalue weighted by Gasteiger charge is 2.52. The second kappa shape index (κ2) is 5.22. The molecule has 0 bridgehead atoms. The van der Waals surface area contributed by atoms with Crippen LogP contribution in [0.15, 0.2) is 18.3 Å². The summed E-state index contributed by atoms with van der Waals surface area (Å²) in [6, 6.07) is 2.40. The van der Waals surface area contributed by atoms with E-state index in [1.165, 1.54) is 18.3 Å². The number of hydrogen-bond donors (Lipinski definition) is 1. The van der Waals surface area contributed by atoms with Gasteiger partial charge < -0.3 is 4.90 Å². The smallest absolute Gasteiger partial charge is 0.321 e. The van der Waals surface area contributed by atoms with Crippen molar-refractivity contribution < 1.29 is 27.1 Å². The predicted molar refractivity (Wildman–Crippen MR) is 64.3 cm³/mol. The van der Waals surface area contributed by atoms with Crippen LogP contribution in [0.25, 0.3) is 11.5 Å². The molecule has 1 amide bonds. The number of pyridine rings is 1. The lowest BCUT2D eigenvalue weighted by Gasteiger charge is -2.36. The number of rotatable bonds is 2. The first-order chi connectivity index (χ1) is 10.8. The number of morpholine rings is 1. The van der Waals surface area contributed by atoms with E-state index >= 15 is 0 Å². The highest BCUT2D eigenvalue weighted by atomic mass is 19.3. The minimum absolute atomic E-state index is 0.0669. The first-order valence-electron chi connectivity index (χ1n) is 6.21. The fraction of sp³-hybridized carbons (Fsp3) is 0.364. The van der Waals surface area contributed by atoms with Gasteiger partial charge in [0.25, 0.3) is 5.91 Å². The minimum atomic E-state index is -4.14. The van der Waals surface area contributed by atoms with E-state index in [2.05, 4.69) is 30.3 Å². The van der Waals surface area contributed by atoms with Gasteiger partial charge in [-0.15, -0.1) is 10.2 Å². The van der Waals surface area contributed by atoms with E-state index in [-0.39, 0.29) is 17.1 Å². The van der Waals surface area contributed by atoms with Crippen LogP contribution in [-0.2, 0) is 4.74 Å². The summed E-state index contributed by atoms with van der Waals surface area (Å²) in [6.45, 7) is -2.55. The largest absolute Gasteiger partial charge is 0.377 e. The maximum atomic E-state index is 13.2. The Balaban J connectivity index is 1.87. The number of hydrogen-bond acceptors (Lipinski definition) is 6. The third-order valence-corrected chi connectivity index (χ3v) is 2.92. The molecule has 1 aliphatic heterocycles. The summed E-state index contributed by atoms with van der Waals surface area (Å²) in [4.78, 5) is 16.4. The van der Waals surface area contributed by atoms with Crippen LogP contribution < -0.4 is 0 Å². The van der Waals surface area contributed by atoms with Crippen molar-refractivity contribution in [1.29, 1.82) is 0 Å². The molecule has 2 aromatic heterocycles. The molecule has 1 fully saturated rings. The number of amides is 1. The number of aromatic amines is 1. The van der Waals surface area contributed by atoms with E-state index in [9.17, 15) is 22.4 Å². The van der Waals surface area contributed by atoms with Crippen molar-refractivity contribution in [3.63, 3.8) is 0 Å². The quantitative estimate of drug-likeness (QED) is 0.822. The van der Waals surface area contributed by atoms with E-state index in [4.69, 9.17) is 0 Å². The normalized spacial score (nSPS) is 19.6. The Morgan fingerprint density at radius 3 is 2.57 bits per heavy atom. The molecule has 0 saturated carbocycles. The molecular weight excluding hydrogens is 324 g/mol. The van der Waals surface area contributed by atoms with Crippen LogP contribution in [-0.4, -0.2) is 61.7 Å². The van der Waals surface area contributed by atoms with Gasteiger partial charge in [0.15, 0.2) is 0 Å². The van der Waals surface area contributed by atoms with Gasteiger partial charge >= 0.3 is 12.2 Å². The molecule has 12 heteroatoms. The van der Waals surface area contributed by atoms with Gasteiger partial charge in [-0.05, 0) is 17.3 Å². The molecule has 0 radical (unpaired) electrons. The highest BCUT2D eigenvalue weighted by molar-refractivity contribution is 5.95. The Hall–Kier alpha value is -2.63. The van der Waals surface area contributed by atoms with Crippen LogP contribution >= 0.6 is 0 Å². The fourth-order valence-corrected chi connectivity index (χ4v) is 2.07. The van der Waals surface area contributed by atoms with Gasteiger partial charge in [-0.3, -0.25) is 14.5 Å². The lowest BCUT2D eigenvalue weighted by molar-refractivity contribution is -0.400. The number of aromatic nitrogens is 5. The highest BCUT2D eigenvalue weighted by Crippen LogP contribution is 2.34. The van der Waals surface area contributed by atoms with Gasteiger partial charge in [0.2, 0.25) is 5.82 Å². The van der Waals surface area contributed by atoms with Crippen molar-refractivity contribution in [1.82, 2.24) is 30.5 Å². The summed E-state index contributed by atoms with van der Waals surface area (Å²) in [5, 5.41) is 12.8. The number of carbonyl (C=O) groups is 1. The monoisotopic (exact) mass is 332 g/mol. The first kappa shape index (κ1) is 15.3. The number of nitrogens with zero attached hydrogens (tertiary/aromatic N) is 5. The molecule has 0 atom stereocenters. The average molecular weight is 332 g/mol. The van der Waals surface area contributed by atoms with Crippen molar-refractivity contribution >= 4 is 5.91 Å². The van der Waals surface area contributed by atoms with Gasteiger partial charge in [0.1, 0.15) is 18.8 Å². The van der Waals surface area contributed by atoms with E-state index in [1.807, 2.05) is 0 Å². The second-order valence-electron chi connectivity index (χ2n) is 4.70. The third-order valence-electron chi connectivity index (χ3n) is 2.92. The maximum absolute atomic E-state index is 13.2. The molecule has 2 aromatic rings. The molecule has 122 valence electrons. The number of H-pyrrole nitrogens is 1. The summed E-state index contributed by atoms with van der Waals surface area (Å²) in [5.41, 5.74) is 0.0182. The Labute approximate surface area is 125 Å². The van der Waals surface area contributed by atoms with Gasteiger partial charge in [0.05, 0.1) is 0 Å². The molecule has 3 heterocycles. The molecular formula is C11H8F4N6O2. The summed E-state index contributed by atoms with van der Waals surface area (Å²) in [6.07, 6.45) is -7.07. The predicted octanol–water partition coefficient (Wildman–Crippen LogP) is 0.920. The lowest BCUT2D eigenvalue weighted by Crippen LogP contribution is -2.56. The van der Waals surface area contributed by atoms with E-state index in [1.54, 1.807) is 0 Å². The molecule has 8 nitrogen and oxygen atoms in total. The Bertz CT molecular complexity index is 707. The number of halogens is 4. The minimum Gasteiger partial charge on any atom is -0.321 e. The molecule has 1 N–H and O–H groups in total. The molecule has 1 aliphatic rings. The number of alkyl halides is 4. The zero-order valence-corrected chi connectivity index (χ0v) is 11.2. The molecule has 23 heavy (non-hydrogen) atoms. The summed E-state index contributed by atoms with van der Waals surface area (Å²) in [5.74, 6) is -0.947. The van der Waals surface area contributed by atoms with Crippen molar-refractivity contribution in [2.45, 2.75) is 12.2 Å². The van der Waals surface area contributed by atoms with E-state index < -0.39 is 31.2 Å². The number of tetrazole rings is 1. The van der Waals surface area contributed by atoms with Crippen LogP contribution in [0.3, 0.4) is 0 Å². The molecule has 0 aliphatic carbocycles. The van der Waals surface area contributed by atoms with Crippen molar-refractivity contribution in [2.75, 3.05) is 13.1 Å². The molecule has 0 aromatic carbocycles. The van der Waals surface area contributed by atoms with Crippen LogP contribution in [0.2, 0.25) is 0 Å². The average Bonchev–Trinajstić information content (AvgIpc) is 2.97. The lowest BCUT2D eigenvalue weighted by atomic mass is 10.2. The van der Waals surface area contributed by atoms with Crippen LogP contribution in [0, 0.1) is 0 Å². The zero-order chi connectivity index (χ0) is 16.7. The summed E-state index contributed by atoms with van der Waals surface area (Å²) < 4.78 is 56.1. The Morgan fingerprint density at radius 2 is 1.96 bits per heavy atom. The van der Waals surface area contributed by atoms with Gasteiger partial charge in [-0.1, -0.05) is 0 Å². The van der Waals surface area contributed by atoms with E-state index in [0.29, 0.717) is 4.90 Å². The molecule has 3 rings (SSSR count). The summed E-state index contributed by atoms with van der Waals surface area (Å²) >= 11 is 0. The molecule has 1 saturated heterocycles. The van der Waals surface area contributed by atoms with Crippen LogP contribution in [0.1, 0.15) is 10.4 Å². The molecule has 0 unspecified atom stereocenters. The first-order valence-corrected chi connectivity index (χ1v) is 6.21. The topological polar surface area (TPSA) is 96.9 Å². The maximum Gasteiger partial charge on any atom is 0.377 e. The third kappa shape index (κ3) is 3.26. The van der Waals surface area contributed by atoms with Gasteiger partial charge in [0, 0.05) is 11.8 Å². The molecule has 0 spiro atoms. The SMILES string of the molecule is O=C(c1ccnc(-c2nn[nH]n2)c1)N1CC(F)(F)OC(F)(F)C1. The number of carbonyl (C=O) groups excluding carboxylic acids is 1. The Morgan fingerprint density at radius 1 is 1.26 bits per heavy atom.